The van der Waals surface area contributed by atoms with Crippen molar-refractivity contribution in [3.8, 4) is 0 Å². The van der Waals surface area contributed by atoms with Crippen LogP contribution in [0.4, 0.5) is 0 Å². The van der Waals surface area contributed by atoms with Crippen LogP contribution in [0, 0.1) is 0 Å². The van der Waals surface area contributed by atoms with Gasteiger partial charge in [0.2, 0.25) is 0 Å². The summed E-state index contributed by atoms with van der Waals surface area (Å²) in [4.78, 5) is 0. The van der Waals surface area contributed by atoms with Crippen LogP contribution in [-0.2, 0) is 0 Å². The van der Waals surface area contributed by atoms with E-state index in [4.69, 9.17) is 0 Å². The average Bonchev–Trinajstić information content (AvgIpc) is 3.33. The predicted octanol–water partition coefficient (Wildman–Crippen LogP) is 26.8. The van der Waals surface area contributed by atoms with E-state index in [1.54, 1.807) is 0 Å². The van der Waals surface area contributed by atoms with Gasteiger partial charge in [-0.05, 0) is 0 Å². The maximum absolute atomic E-state index is 1.50. The van der Waals surface area contributed by atoms with Gasteiger partial charge < -0.3 is 0 Å². The molecule has 63 heavy (non-hydrogen) atoms. The molecule has 9 aliphatic carbocycles. The Morgan fingerprint density at radius 2 is 0.0635 bits per heavy atom. The van der Waals surface area contributed by atoms with Gasteiger partial charge in [-0.3, -0.25) is 0 Å². The largest absolute Gasteiger partial charge is 0.0776 e. The van der Waals surface area contributed by atoms with E-state index >= 15 is 0 Å². The molecule has 0 amide bonds. The third-order valence-electron chi connectivity index (χ3n) is 13.5. The molecule has 0 spiro atoms. The molecule has 0 heterocycles. The van der Waals surface area contributed by atoms with Crippen molar-refractivity contribution in [1.82, 2.24) is 0 Å². The molecule has 9 fully saturated rings. The molecule has 0 saturated heterocycles. The number of rotatable bonds is 0. The molecule has 0 unspecified atom stereocenters. The Kier molecular flexibility index (Phi) is 104. The molecule has 0 aromatic heterocycles. The van der Waals surface area contributed by atoms with Crippen LogP contribution in [0.1, 0.15) is 414 Å². The molecule has 0 aliphatic heterocycles. The zero-order valence-electron chi connectivity index (χ0n) is 38.2. The van der Waals surface area contributed by atoms with Gasteiger partial charge in [-0.15, -0.1) is 0 Å². The van der Waals surface area contributed by atoms with Crippen molar-refractivity contribution in [2.45, 2.75) is 414 Å². The lowest BCUT2D eigenvalue weighted by Gasteiger charge is -2.05. The van der Waals surface area contributed by atoms with Crippen molar-refractivity contribution in [3.05, 3.63) is 0 Å². The van der Waals surface area contributed by atoms with Gasteiger partial charge in [0.15, 0.2) is 0 Å². The minimum Gasteiger partial charge on any atom is -0.0776 e. The van der Waals surface area contributed by atoms with Gasteiger partial charge >= 0.3 is 0 Å². The predicted molar refractivity (Wildman–Crippen MR) is 310 cm³/mol. The van der Waals surface area contributed by atoms with E-state index in [0.29, 0.717) is 0 Å². The van der Waals surface area contributed by atoms with Gasteiger partial charge in [0.25, 0.3) is 0 Å². The molecule has 9 aliphatic rings. The topological polar surface area (TPSA) is 0 Å². The Bertz CT molecular complexity index is 311. The smallest absolute Gasteiger partial charge is 0.0533 e. The second kappa shape index (κ2) is 79.1. The summed E-state index contributed by atoms with van der Waals surface area (Å²) in [5.74, 6) is 0. The van der Waals surface area contributed by atoms with Crippen LogP contribution in [0.5, 0.6) is 0 Å². The fourth-order valence-electron chi connectivity index (χ4n) is 9.55. The van der Waals surface area contributed by atoms with E-state index in [2.05, 4.69) is 0 Å². The SMILES string of the molecule is C.C.C.C.C.C.C.C.C.C1CCCCC1.C1CCCCC1.C1CCCCC1.C1CCCCC1.C1CCCCC1.C1CCCCC1.C1CCCCC1.C1CCCCC1.C1CCCCC1. The van der Waals surface area contributed by atoms with Gasteiger partial charge in [0.05, 0.1) is 0 Å². The van der Waals surface area contributed by atoms with Crippen LogP contribution >= 0.6 is 0 Å². The summed E-state index contributed by atoms with van der Waals surface area (Å²) >= 11 is 0. The van der Waals surface area contributed by atoms with Crippen molar-refractivity contribution < 1.29 is 0 Å². The molecule has 9 saturated carbocycles. The zero-order valence-corrected chi connectivity index (χ0v) is 38.2. The highest BCUT2D eigenvalue weighted by Gasteiger charge is 2.00. The molecule has 0 atom stereocenters. The van der Waals surface area contributed by atoms with Gasteiger partial charge in [0, 0.05) is 0 Å². The molecule has 0 aromatic rings. The van der Waals surface area contributed by atoms with Gasteiger partial charge in [-0.1, -0.05) is 414 Å². The number of hydrogen-bond donors (Lipinski definition) is 0. The molecule has 396 valence electrons. The van der Waals surface area contributed by atoms with E-state index in [-0.39, 0.29) is 66.8 Å². The minimum absolute atomic E-state index is 0. The molecule has 0 radical (unpaired) electrons. The van der Waals surface area contributed by atoms with Crippen LogP contribution in [0.15, 0.2) is 0 Å². The molecule has 0 nitrogen and oxygen atoms in total. The third-order valence-corrected chi connectivity index (χ3v) is 13.5. The van der Waals surface area contributed by atoms with Crippen LogP contribution < -0.4 is 0 Å². The van der Waals surface area contributed by atoms with Crippen molar-refractivity contribution in [2.75, 3.05) is 0 Å². The van der Waals surface area contributed by atoms with E-state index in [1.165, 1.54) is 347 Å². The van der Waals surface area contributed by atoms with Gasteiger partial charge in [-0.25, -0.2) is 0 Å². The Morgan fingerprint density at radius 3 is 0.0794 bits per heavy atom. The molecular formula is C63H144. The highest BCUT2D eigenvalue weighted by molar-refractivity contribution is 4.55. The summed E-state index contributed by atoms with van der Waals surface area (Å²) < 4.78 is 0. The zero-order chi connectivity index (χ0) is 38.2. The van der Waals surface area contributed by atoms with Crippen LogP contribution in [0.25, 0.3) is 0 Å². The first kappa shape index (κ1) is 83.0. The quantitative estimate of drug-likeness (QED) is 0.227. The molecule has 0 aromatic carbocycles. The molecule has 9 rings (SSSR count). The lowest BCUT2D eigenvalue weighted by atomic mass is 10.0. The first-order valence-electron chi connectivity index (χ1n) is 27.0. The van der Waals surface area contributed by atoms with E-state index in [1.807, 2.05) is 0 Å². The van der Waals surface area contributed by atoms with Crippen molar-refractivity contribution in [2.24, 2.45) is 0 Å². The van der Waals surface area contributed by atoms with Crippen LogP contribution in [0.3, 0.4) is 0 Å². The van der Waals surface area contributed by atoms with E-state index in [9.17, 15) is 0 Å². The Balaban J connectivity index is -0.0000000731. The fourth-order valence-corrected chi connectivity index (χ4v) is 9.55. The third kappa shape index (κ3) is 76.5. The van der Waals surface area contributed by atoms with Crippen LogP contribution in [-0.4, -0.2) is 0 Å². The Morgan fingerprint density at radius 1 is 0.0476 bits per heavy atom. The van der Waals surface area contributed by atoms with Gasteiger partial charge in [-0.2, -0.15) is 0 Å². The number of hydrogen-bond acceptors (Lipinski definition) is 0. The standard InChI is InChI=1S/9C6H12.9CH4/c9*1-2-4-6-5-3-1;;;;;;;;;/h9*1-6H2;9*1H4. The molecule has 0 bridgehead atoms. The summed E-state index contributed by atoms with van der Waals surface area (Å²) in [5.41, 5.74) is 0. The monoisotopic (exact) mass is 901 g/mol. The second-order valence-corrected chi connectivity index (χ2v) is 19.1. The highest BCUT2D eigenvalue weighted by Crippen LogP contribution is 2.20. The summed E-state index contributed by atoms with van der Waals surface area (Å²) in [6, 6.07) is 0. The highest BCUT2D eigenvalue weighted by atomic mass is 14.1. The fraction of sp³-hybridized carbons (Fsp3) is 1.00. The summed E-state index contributed by atoms with van der Waals surface area (Å²) in [5, 5.41) is 0. The van der Waals surface area contributed by atoms with E-state index < -0.39 is 0 Å². The first-order chi connectivity index (χ1) is 27.0. The van der Waals surface area contributed by atoms with Gasteiger partial charge in [0.1, 0.15) is 0 Å². The van der Waals surface area contributed by atoms with Crippen molar-refractivity contribution >= 4 is 0 Å². The lowest BCUT2D eigenvalue weighted by Crippen LogP contribution is -1.85. The maximum atomic E-state index is 1.50. The second-order valence-electron chi connectivity index (χ2n) is 19.1. The van der Waals surface area contributed by atoms with Crippen molar-refractivity contribution in [3.63, 3.8) is 0 Å². The Hall–Kier alpha value is 0. The average molecular weight is 902 g/mol. The summed E-state index contributed by atoms with van der Waals surface area (Å²) in [7, 11) is 0. The summed E-state index contributed by atoms with van der Waals surface area (Å²) in [6.45, 7) is 0. The van der Waals surface area contributed by atoms with Crippen LogP contribution in [0.2, 0.25) is 0 Å². The van der Waals surface area contributed by atoms with Crippen molar-refractivity contribution in [1.29, 1.82) is 0 Å². The maximum Gasteiger partial charge on any atom is -0.0533 e. The molecule has 0 N–H and O–H groups in total. The lowest BCUT2D eigenvalue weighted by molar-refractivity contribution is 0.504. The molecular weight excluding hydrogens is 757 g/mol. The summed E-state index contributed by atoms with van der Waals surface area (Å²) in [6.07, 6.45) is 81.0. The minimum atomic E-state index is 0. The normalized spacial score (nSPS) is 20.6. The van der Waals surface area contributed by atoms with E-state index in [0.717, 1.165) is 0 Å². The first-order valence-corrected chi connectivity index (χ1v) is 27.0. The molecule has 0 heteroatoms. The Labute approximate surface area is 411 Å².